The number of benzene rings is 1. The lowest BCUT2D eigenvalue weighted by Crippen LogP contribution is -2.44. The Morgan fingerprint density at radius 3 is 2.27 bits per heavy atom. The van der Waals surface area contributed by atoms with Gasteiger partial charge in [0.25, 0.3) is 0 Å². The van der Waals surface area contributed by atoms with Gasteiger partial charge in [-0.15, -0.1) is 0 Å². The van der Waals surface area contributed by atoms with Crippen LogP contribution >= 0.6 is 0 Å². The minimum Gasteiger partial charge on any atom is -0.197 e. The van der Waals surface area contributed by atoms with Crippen molar-refractivity contribution < 1.29 is 0 Å². The van der Waals surface area contributed by atoms with Gasteiger partial charge in [0.15, 0.2) is 0 Å². The molecule has 1 aromatic carbocycles. The first-order valence-corrected chi connectivity index (χ1v) is 5.72. The summed E-state index contributed by atoms with van der Waals surface area (Å²) in [6, 6.07) is 11.1. The summed E-state index contributed by atoms with van der Waals surface area (Å²) in [5, 5.41) is 9.45. The van der Waals surface area contributed by atoms with Gasteiger partial charge in [-0.25, -0.2) is 0 Å². The van der Waals surface area contributed by atoms with E-state index in [-0.39, 0.29) is 5.41 Å². The number of nitriles is 1. The van der Waals surface area contributed by atoms with Gasteiger partial charge in [0.2, 0.25) is 0 Å². The Kier molecular flexibility index (Phi) is 1.58. The predicted molar refractivity (Wildman–Crippen MR) is 59.6 cm³/mol. The van der Waals surface area contributed by atoms with E-state index in [9.17, 15) is 5.26 Å². The lowest BCUT2D eigenvalue weighted by Gasteiger charge is -2.50. The Balaban J connectivity index is 2.30. The molecule has 1 aromatic rings. The number of hydrogen-bond donors (Lipinski definition) is 0. The summed E-state index contributed by atoms with van der Waals surface area (Å²) in [4.78, 5) is 0. The molecule has 0 spiro atoms. The fourth-order valence-electron chi connectivity index (χ4n) is 3.37. The highest BCUT2D eigenvalue weighted by atomic mass is 14.5. The van der Waals surface area contributed by atoms with Gasteiger partial charge < -0.3 is 0 Å². The van der Waals surface area contributed by atoms with E-state index in [0.29, 0.717) is 5.41 Å². The van der Waals surface area contributed by atoms with Crippen LogP contribution in [0, 0.1) is 11.3 Å². The molecule has 0 heterocycles. The molecule has 1 nitrogen and oxygen atoms in total. The first-order valence-electron chi connectivity index (χ1n) is 5.72. The average Bonchev–Trinajstić information content (AvgIpc) is 2.31. The van der Waals surface area contributed by atoms with Crippen molar-refractivity contribution >= 4 is 0 Å². The smallest absolute Gasteiger partial charge is 0.0825 e. The molecule has 0 radical (unpaired) electrons. The number of nitrogens with zero attached hydrogens (tertiary/aromatic N) is 1. The maximum Gasteiger partial charge on any atom is 0.0825 e. The van der Waals surface area contributed by atoms with Crippen molar-refractivity contribution in [3.63, 3.8) is 0 Å². The van der Waals surface area contributed by atoms with Crippen molar-refractivity contribution in [3.05, 3.63) is 35.4 Å². The molecule has 0 aromatic heterocycles. The summed E-state index contributed by atoms with van der Waals surface area (Å²) in [5.41, 5.74) is 2.93. The van der Waals surface area contributed by atoms with Gasteiger partial charge in [-0.1, -0.05) is 31.2 Å². The summed E-state index contributed by atoms with van der Waals surface area (Å²) in [7, 11) is 0. The van der Waals surface area contributed by atoms with Gasteiger partial charge in [-0.3, -0.25) is 0 Å². The molecule has 0 unspecified atom stereocenters. The van der Waals surface area contributed by atoms with E-state index in [4.69, 9.17) is 0 Å². The van der Waals surface area contributed by atoms with Crippen LogP contribution in [-0.2, 0) is 10.8 Å². The van der Waals surface area contributed by atoms with Crippen LogP contribution in [0.25, 0.3) is 0 Å². The van der Waals surface area contributed by atoms with Crippen LogP contribution in [0.2, 0.25) is 0 Å². The van der Waals surface area contributed by atoms with E-state index in [2.05, 4.69) is 37.3 Å². The second kappa shape index (κ2) is 2.64. The van der Waals surface area contributed by atoms with Crippen LogP contribution in [0.15, 0.2) is 24.3 Å². The van der Waals surface area contributed by atoms with Crippen LogP contribution in [0.4, 0.5) is 0 Å². The number of hydrogen-bond acceptors (Lipinski definition) is 1. The van der Waals surface area contributed by atoms with Crippen molar-refractivity contribution in [2.75, 3.05) is 0 Å². The minimum atomic E-state index is -0.158. The Morgan fingerprint density at radius 2 is 1.67 bits per heavy atom. The van der Waals surface area contributed by atoms with Crippen LogP contribution < -0.4 is 0 Å². The first-order chi connectivity index (χ1) is 7.20. The molecule has 0 amide bonds. The Labute approximate surface area is 90.7 Å². The van der Waals surface area contributed by atoms with Crippen LogP contribution in [0.1, 0.15) is 43.7 Å². The fraction of sp³-hybridized carbons (Fsp3) is 0.500. The summed E-state index contributed by atoms with van der Waals surface area (Å²) in [6.07, 6.45) is 4.46. The van der Waals surface area contributed by atoms with Gasteiger partial charge in [0.05, 0.1) is 11.5 Å². The summed E-state index contributed by atoms with van der Waals surface area (Å²) >= 11 is 0. The average molecular weight is 197 g/mol. The number of rotatable bonds is 0. The maximum atomic E-state index is 9.45. The van der Waals surface area contributed by atoms with Crippen LogP contribution in [0.5, 0.6) is 0 Å². The van der Waals surface area contributed by atoms with Gasteiger partial charge in [-0.05, 0) is 42.2 Å². The molecule has 0 N–H and O–H groups in total. The molecular weight excluding hydrogens is 182 g/mol. The lowest BCUT2D eigenvalue weighted by molar-refractivity contribution is 0.214. The molecule has 4 rings (SSSR count). The molecule has 3 aliphatic rings. The van der Waals surface area contributed by atoms with Crippen LogP contribution in [0.3, 0.4) is 0 Å². The van der Waals surface area contributed by atoms with Gasteiger partial charge in [-0.2, -0.15) is 5.26 Å². The molecule has 15 heavy (non-hydrogen) atoms. The number of fused-ring (bicyclic) bond motifs is 2. The van der Waals surface area contributed by atoms with E-state index < -0.39 is 0 Å². The zero-order chi connectivity index (χ0) is 10.5. The molecule has 1 fully saturated rings. The van der Waals surface area contributed by atoms with Crippen LogP contribution in [-0.4, -0.2) is 0 Å². The quantitative estimate of drug-likeness (QED) is 0.626. The molecule has 0 aliphatic heterocycles. The van der Waals surface area contributed by atoms with E-state index in [1.54, 1.807) is 0 Å². The molecule has 0 saturated heterocycles. The highest BCUT2D eigenvalue weighted by Crippen LogP contribution is 2.55. The standard InChI is InChI=1S/C14H15N/c1-13-6-8-14(10-15,9-7-13)12-5-3-2-4-11(12)13/h2-5H,6-9H2,1H3. The van der Waals surface area contributed by atoms with Crippen molar-refractivity contribution in [1.82, 2.24) is 0 Å². The highest BCUT2D eigenvalue weighted by Gasteiger charge is 2.50. The second-order valence-corrected chi connectivity index (χ2v) is 5.30. The van der Waals surface area contributed by atoms with Gasteiger partial charge >= 0.3 is 0 Å². The Hall–Kier alpha value is -1.29. The second-order valence-electron chi connectivity index (χ2n) is 5.30. The fourth-order valence-corrected chi connectivity index (χ4v) is 3.37. The topological polar surface area (TPSA) is 23.8 Å². The minimum absolute atomic E-state index is 0.158. The van der Waals surface area contributed by atoms with E-state index in [1.807, 2.05) is 0 Å². The zero-order valence-corrected chi connectivity index (χ0v) is 9.09. The molecule has 3 aliphatic carbocycles. The molecule has 2 bridgehead atoms. The van der Waals surface area contributed by atoms with Gasteiger partial charge in [0.1, 0.15) is 0 Å². The van der Waals surface area contributed by atoms with Crippen molar-refractivity contribution in [1.29, 1.82) is 5.26 Å². The SMILES string of the molecule is CC12CCC(C#N)(CC1)c1ccccc12. The zero-order valence-electron chi connectivity index (χ0n) is 9.09. The predicted octanol–water partition coefficient (Wildman–Crippen LogP) is 3.29. The summed E-state index contributed by atoms with van der Waals surface area (Å²) in [5.74, 6) is 0. The molecule has 0 atom stereocenters. The normalized spacial score (nSPS) is 37.1. The van der Waals surface area contributed by atoms with Gasteiger partial charge in [0, 0.05) is 0 Å². The third-order valence-electron chi connectivity index (χ3n) is 4.51. The first kappa shape index (κ1) is 8.97. The Morgan fingerprint density at radius 1 is 1.07 bits per heavy atom. The molecule has 1 heteroatoms. The molecule has 1 saturated carbocycles. The monoisotopic (exact) mass is 197 g/mol. The van der Waals surface area contributed by atoms with Crippen molar-refractivity contribution in [3.8, 4) is 6.07 Å². The summed E-state index contributed by atoms with van der Waals surface area (Å²) < 4.78 is 0. The van der Waals surface area contributed by atoms with E-state index in [0.717, 1.165) is 12.8 Å². The largest absolute Gasteiger partial charge is 0.197 e. The third kappa shape index (κ3) is 0.973. The van der Waals surface area contributed by atoms with E-state index >= 15 is 0 Å². The van der Waals surface area contributed by atoms with E-state index in [1.165, 1.54) is 24.0 Å². The summed E-state index contributed by atoms with van der Waals surface area (Å²) in [6.45, 7) is 2.35. The maximum absolute atomic E-state index is 9.45. The third-order valence-corrected chi connectivity index (χ3v) is 4.51. The highest BCUT2D eigenvalue weighted by molar-refractivity contribution is 5.48. The lowest BCUT2D eigenvalue weighted by atomic mass is 9.52. The molecular formula is C14H15N. The Bertz CT molecular complexity index is 445. The van der Waals surface area contributed by atoms with Crippen molar-refractivity contribution in [2.24, 2.45) is 0 Å². The molecule has 76 valence electrons. The van der Waals surface area contributed by atoms with Crippen molar-refractivity contribution in [2.45, 2.75) is 43.4 Å².